The van der Waals surface area contributed by atoms with Gasteiger partial charge >= 0.3 is 23.8 Å². The van der Waals surface area contributed by atoms with Crippen molar-refractivity contribution in [3.63, 3.8) is 0 Å². The largest absolute Gasteiger partial charge is 0.458 e. The standard InChI is InChI=1S/C19H29NO8/c1-12(21)26-16-10-19(28-14(3)23,25-11-17(16)27-13(2)22)20-18(24)15-8-6-4-5-7-9-15/h15-17H,4-11H2,1-3H3,(H,20,24). The van der Waals surface area contributed by atoms with Gasteiger partial charge in [0.15, 0.2) is 6.10 Å². The van der Waals surface area contributed by atoms with E-state index in [4.69, 9.17) is 18.9 Å². The first-order valence-electron chi connectivity index (χ1n) is 9.71. The van der Waals surface area contributed by atoms with Gasteiger partial charge in [0.25, 0.3) is 0 Å². The molecule has 3 unspecified atom stereocenters. The lowest BCUT2D eigenvalue weighted by molar-refractivity contribution is -0.293. The Morgan fingerprint density at radius 3 is 1.96 bits per heavy atom. The first kappa shape index (κ1) is 22.1. The van der Waals surface area contributed by atoms with Crippen molar-refractivity contribution in [2.75, 3.05) is 6.61 Å². The van der Waals surface area contributed by atoms with Crippen LogP contribution in [0.15, 0.2) is 0 Å². The molecule has 1 saturated heterocycles. The highest BCUT2D eigenvalue weighted by Crippen LogP contribution is 2.30. The fraction of sp³-hybridized carbons (Fsp3) is 0.789. The zero-order chi connectivity index (χ0) is 20.7. The first-order valence-corrected chi connectivity index (χ1v) is 9.71. The molecule has 0 radical (unpaired) electrons. The molecule has 1 saturated carbocycles. The Morgan fingerprint density at radius 1 is 0.857 bits per heavy atom. The normalized spacial score (nSPS) is 28.5. The molecule has 2 rings (SSSR count). The van der Waals surface area contributed by atoms with E-state index >= 15 is 0 Å². The predicted molar refractivity (Wildman–Crippen MR) is 95.5 cm³/mol. The van der Waals surface area contributed by atoms with E-state index in [1.54, 1.807) is 0 Å². The lowest BCUT2D eigenvalue weighted by atomic mass is 9.98. The van der Waals surface area contributed by atoms with Gasteiger partial charge in [-0.05, 0) is 12.8 Å². The Balaban J connectivity index is 2.17. The number of rotatable bonds is 5. The molecule has 9 heteroatoms. The molecular weight excluding hydrogens is 370 g/mol. The summed E-state index contributed by atoms with van der Waals surface area (Å²) in [5.74, 6) is -4.04. The maximum Gasteiger partial charge on any atom is 0.306 e. The molecule has 1 amide bonds. The summed E-state index contributed by atoms with van der Waals surface area (Å²) < 4.78 is 21.4. The molecule has 1 aliphatic carbocycles. The number of esters is 3. The number of nitrogens with one attached hydrogen (secondary N) is 1. The molecule has 158 valence electrons. The summed E-state index contributed by atoms with van der Waals surface area (Å²) in [6.45, 7) is 3.45. The Labute approximate surface area is 164 Å². The van der Waals surface area contributed by atoms with Gasteiger partial charge < -0.3 is 18.9 Å². The average Bonchev–Trinajstić information content (AvgIpc) is 2.85. The number of hydrogen-bond donors (Lipinski definition) is 1. The second kappa shape index (κ2) is 9.86. The van der Waals surface area contributed by atoms with Crippen LogP contribution in [-0.2, 0) is 38.1 Å². The van der Waals surface area contributed by atoms with E-state index in [2.05, 4.69) is 5.32 Å². The number of amides is 1. The number of hydrogen-bond acceptors (Lipinski definition) is 8. The van der Waals surface area contributed by atoms with E-state index < -0.39 is 36.0 Å². The fourth-order valence-electron chi connectivity index (χ4n) is 3.68. The van der Waals surface area contributed by atoms with Gasteiger partial charge in [0.1, 0.15) is 6.10 Å². The van der Waals surface area contributed by atoms with Gasteiger partial charge in [-0.1, -0.05) is 25.7 Å². The summed E-state index contributed by atoms with van der Waals surface area (Å²) in [5, 5.41) is 2.70. The lowest BCUT2D eigenvalue weighted by Crippen LogP contribution is -2.62. The van der Waals surface area contributed by atoms with Gasteiger partial charge in [-0.15, -0.1) is 0 Å². The van der Waals surface area contributed by atoms with Crippen molar-refractivity contribution in [1.82, 2.24) is 5.32 Å². The molecule has 2 aliphatic rings. The van der Waals surface area contributed by atoms with Crippen LogP contribution < -0.4 is 5.32 Å². The average molecular weight is 399 g/mol. The van der Waals surface area contributed by atoms with E-state index in [0.717, 1.165) is 38.5 Å². The molecule has 1 aliphatic heterocycles. The minimum Gasteiger partial charge on any atom is -0.458 e. The fourth-order valence-corrected chi connectivity index (χ4v) is 3.68. The van der Waals surface area contributed by atoms with E-state index in [0.29, 0.717) is 0 Å². The van der Waals surface area contributed by atoms with Crippen LogP contribution in [0.4, 0.5) is 0 Å². The van der Waals surface area contributed by atoms with Gasteiger partial charge in [-0.2, -0.15) is 0 Å². The highest BCUT2D eigenvalue weighted by Gasteiger charge is 2.49. The number of carbonyl (C=O) groups is 4. The molecule has 1 heterocycles. The van der Waals surface area contributed by atoms with Crippen LogP contribution in [0, 0.1) is 5.92 Å². The third-order valence-electron chi connectivity index (χ3n) is 4.85. The van der Waals surface area contributed by atoms with Crippen molar-refractivity contribution < 1.29 is 38.1 Å². The van der Waals surface area contributed by atoms with E-state index in [9.17, 15) is 19.2 Å². The van der Waals surface area contributed by atoms with Gasteiger partial charge in [-0.25, -0.2) is 0 Å². The Bertz CT molecular complexity index is 599. The highest BCUT2D eigenvalue weighted by atomic mass is 16.7. The second-order valence-corrected chi connectivity index (χ2v) is 7.34. The summed E-state index contributed by atoms with van der Waals surface area (Å²) in [6.07, 6.45) is 3.65. The van der Waals surface area contributed by atoms with Crippen molar-refractivity contribution in [3.05, 3.63) is 0 Å². The summed E-state index contributed by atoms with van der Waals surface area (Å²) >= 11 is 0. The number of carbonyl (C=O) groups excluding carboxylic acids is 4. The van der Waals surface area contributed by atoms with Crippen LogP contribution in [0.1, 0.15) is 65.7 Å². The van der Waals surface area contributed by atoms with Crippen molar-refractivity contribution in [2.24, 2.45) is 5.92 Å². The van der Waals surface area contributed by atoms with Crippen molar-refractivity contribution in [3.8, 4) is 0 Å². The molecule has 2 fully saturated rings. The van der Waals surface area contributed by atoms with E-state index in [-0.39, 0.29) is 24.9 Å². The van der Waals surface area contributed by atoms with Crippen LogP contribution >= 0.6 is 0 Å². The molecule has 0 aromatic heterocycles. The minimum atomic E-state index is -1.77. The zero-order valence-corrected chi connectivity index (χ0v) is 16.7. The molecular formula is C19H29NO8. The summed E-state index contributed by atoms with van der Waals surface area (Å²) in [6, 6.07) is 0. The lowest BCUT2D eigenvalue weighted by Gasteiger charge is -2.42. The molecule has 1 N–H and O–H groups in total. The molecule has 3 atom stereocenters. The van der Waals surface area contributed by atoms with Crippen LogP contribution in [-0.4, -0.2) is 48.5 Å². The first-order chi connectivity index (χ1) is 13.2. The van der Waals surface area contributed by atoms with Gasteiger partial charge in [0.2, 0.25) is 5.91 Å². The van der Waals surface area contributed by atoms with Crippen LogP contribution in [0.3, 0.4) is 0 Å². The summed E-state index contributed by atoms with van der Waals surface area (Å²) in [4.78, 5) is 47.3. The SMILES string of the molecule is CC(=O)OC1COC(NC(=O)C2CCCCCC2)(OC(C)=O)CC1OC(C)=O. The topological polar surface area (TPSA) is 117 Å². The summed E-state index contributed by atoms with van der Waals surface area (Å²) in [5.41, 5.74) is 0. The number of ether oxygens (including phenoxy) is 4. The molecule has 28 heavy (non-hydrogen) atoms. The predicted octanol–water partition coefficient (Wildman–Crippen LogP) is 1.57. The Kier molecular flexibility index (Phi) is 7.79. The molecule has 0 aromatic carbocycles. The van der Waals surface area contributed by atoms with Crippen LogP contribution in [0.5, 0.6) is 0 Å². The smallest absolute Gasteiger partial charge is 0.306 e. The van der Waals surface area contributed by atoms with Crippen molar-refractivity contribution >= 4 is 23.8 Å². The third kappa shape index (κ3) is 6.47. The second-order valence-electron chi connectivity index (χ2n) is 7.34. The molecule has 9 nitrogen and oxygen atoms in total. The Hall–Kier alpha value is -2.16. The van der Waals surface area contributed by atoms with Crippen molar-refractivity contribution in [1.29, 1.82) is 0 Å². The highest BCUT2D eigenvalue weighted by molar-refractivity contribution is 5.79. The molecule has 0 spiro atoms. The van der Waals surface area contributed by atoms with Crippen LogP contribution in [0.2, 0.25) is 0 Å². The van der Waals surface area contributed by atoms with Crippen molar-refractivity contribution in [2.45, 2.75) is 83.8 Å². The monoisotopic (exact) mass is 399 g/mol. The van der Waals surface area contributed by atoms with Gasteiger partial charge in [0.05, 0.1) is 13.0 Å². The minimum absolute atomic E-state index is 0.178. The summed E-state index contributed by atoms with van der Waals surface area (Å²) in [7, 11) is 0. The zero-order valence-electron chi connectivity index (χ0n) is 16.7. The maximum atomic E-state index is 12.8. The third-order valence-corrected chi connectivity index (χ3v) is 4.85. The maximum absolute atomic E-state index is 12.8. The molecule has 0 bridgehead atoms. The van der Waals surface area contributed by atoms with Gasteiger partial charge in [-0.3, -0.25) is 24.5 Å². The van der Waals surface area contributed by atoms with E-state index in [1.165, 1.54) is 20.8 Å². The Morgan fingerprint density at radius 2 is 1.43 bits per heavy atom. The quantitative estimate of drug-likeness (QED) is 0.320. The van der Waals surface area contributed by atoms with E-state index in [1.807, 2.05) is 0 Å². The molecule has 0 aromatic rings. The van der Waals surface area contributed by atoms with Gasteiger partial charge in [0, 0.05) is 26.7 Å². The van der Waals surface area contributed by atoms with Crippen LogP contribution in [0.25, 0.3) is 0 Å².